The fourth-order valence-corrected chi connectivity index (χ4v) is 3.00. The van der Waals surface area contributed by atoms with Crippen LogP contribution in [0.25, 0.3) is 12.2 Å². The van der Waals surface area contributed by atoms with Gasteiger partial charge in [-0.25, -0.2) is 5.48 Å². The molecule has 0 unspecified atom stereocenters. The SMILES string of the molecule is O=C(C=Cc1cccc(C=CC(=O)c2ccccc2N2CCOCC2)c1)NO. The highest BCUT2D eigenvalue weighted by molar-refractivity contribution is 6.10. The first-order chi connectivity index (χ1) is 13.7. The van der Waals surface area contributed by atoms with Crippen molar-refractivity contribution in [2.24, 2.45) is 0 Å². The third kappa shape index (κ3) is 5.16. The maximum absolute atomic E-state index is 12.8. The van der Waals surface area contributed by atoms with Gasteiger partial charge in [0.15, 0.2) is 5.78 Å². The number of nitrogens with one attached hydrogen (secondary N) is 1. The number of carbonyl (C=O) groups excluding carboxylic acids is 2. The van der Waals surface area contributed by atoms with Crippen LogP contribution in [-0.4, -0.2) is 43.2 Å². The van der Waals surface area contributed by atoms with Gasteiger partial charge in [-0.2, -0.15) is 0 Å². The van der Waals surface area contributed by atoms with Crippen LogP contribution in [0.15, 0.2) is 60.7 Å². The average Bonchev–Trinajstić information content (AvgIpc) is 2.76. The second-order valence-corrected chi connectivity index (χ2v) is 6.29. The average molecular weight is 378 g/mol. The Morgan fingerprint density at radius 3 is 2.36 bits per heavy atom. The highest BCUT2D eigenvalue weighted by Crippen LogP contribution is 2.22. The van der Waals surface area contributed by atoms with E-state index in [1.54, 1.807) is 23.7 Å². The molecule has 6 heteroatoms. The molecule has 3 rings (SSSR count). The van der Waals surface area contributed by atoms with Crippen LogP contribution in [-0.2, 0) is 9.53 Å². The number of carbonyl (C=O) groups is 2. The molecular weight excluding hydrogens is 356 g/mol. The first-order valence-corrected chi connectivity index (χ1v) is 9.04. The molecule has 1 heterocycles. The molecule has 1 amide bonds. The summed E-state index contributed by atoms with van der Waals surface area (Å²) in [6.45, 7) is 2.85. The Balaban J connectivity index is 1.76. The molecule has 1 saturated heterocycles. The predicted molar refractivity (Wildman–Crippen MR) is 108 cm³/mol. The second-order valence-electron chi connectivity index (χ2n) is 6.29. The number of hydrogen-bond acceptors (Lipinski definition) is 5. The van der Waals surface area contributed by atoms with E-state index in [1.165, 1.54) is 6.08 Å². The molecule has 2 aromatic carbocycles. The van der Waals surface area contributed by atoms with Gasteiger partial charge in [-0.3, -0.25) is 14.8 Å². The van der Waals surface area contributed by atoms with Gasteiger partial charge in [-0.1, -0.05) is 36.4 Å². The van der Waals surface area contributed by atoms with Crippen molar-refractivity contribution >= 4 is 29.5 Å². The fourth-order valence-electron chi connectivity index (χ4n) is 3.00. The summed E-state index contributed by atoms with van der Waals surface area (Å²) in [6.07, 6.45) is 6.12. The van der Waals surface area contributed by atoms with Gasteiger partial charge in [-0.05, 0) is 41.5 Å². The quantitative estimate of drug-likeness (QED) is 0.350. The zero-order chi connectivity index (χ0) is 19.8. The van der Waals surface area contributed by atoms with Crippen LogP contribution in [0.5, 0.6) is 0 Å². The summed E-state index contributed by atoms with van der Waals surface area (Å²) < 4.78 is 5.39. The van der Waals surface area contributed by atoms with Gasteiger partial charge in [0, 0.05) is 30.4 Å². The second kappa shape index (κ2) is 9.64. The number of amides is 1. The van der Waals surface area contributed by atoms with Crippen molar-refractivity contribution < 1.29 is 19.5 Å². The molecule has 0 bridgehead atoms. The number of ketones is 1. The minimum atomic E-state index is -0.601. The summed E-state index contributed by atoms with van der Waals surface area (Å²) in [6, 6.07) is 15.0. The first-order valence-electron chi connectivity index (χ1n) is 9.04. The lowest BCUT2D eigenvalue weighted by Crippen LogP contribution is -2.37. The number of benzene rings is 2. The maximum atomic E-state index is 12.8. The molecule has 2 aromatic rings. The molecular formula is C22H22N2O4. The van der Waals surface area contributed by atoms with Crippen molar-refractivity contribution in [3.8, 4) is 0 Å². The van der Waals surface area contributed by atoms with Gasteiger partial charge in [0.1, 0.15) is 0 Å². The highest BCUT2D eigenvalue weighted by Gasteiger charge is 2.16. The number of hydroxylamine groups is 1. The number of morpholine rings is 1. The number of hydrogen-bond donors (Lipinski definition) is 2. The largest absolute Gasteiger partial charge is 0.378 e. The third-order valence-corrected chi connectivity index (χ3v) is 4.40. The van der Waals surface area contributed by atoms with Crippen molar-refractivity contribution in [3.63, 3.8) is 0 Å². The minimum absolute atomic E-state index is 0.0669. The van der Waals surface area contributed by atoms with E-state index in [1.807, 2.05) is 48.5 Å². The summed E-state index contributed by atoms with van der Waals surface area (Å²) in [7, 11) is 0. The van der Waals surface area contributed by atoms with Crippen LogP contribution < -0.4 is 10.4 Å². The van der Waals surface area contributed by atoms with Gasteiger partial charge < -0.3 is 9.64 Å². The van der Waals surface area contributed by atoms with E-state index in [0.29, 0.717) is 18.8 Å². The van der Waals surface area contributed by atoms with E-state index >= 15 is 0 Å². The number of anilines is 1. The predicted octanol–water partition coefficient (Wildman–Crippen LogP) is 2.94. The minimum Gasteiger partial charge on any atom is -0.378 e. The topological polar surface area (TPSA) is 78.9 Å². The van der Waals surface area contributed by atoms with E-state index in [9.17, 15) is 9.59 Å². The number of nitrogens with zero attached hydrogens (tertiary/aromatic N) is 1. The van der Waals surface area contributed by atoms with Gasteiger partial charge in [0.25, 0.3) is 5.91 Å². The van der Waals surface area contributed by atoms with Crippen LogP contribution in [0.2, 0.25) is 0 Å². The summed E-state index contributed by atoms with van der Waals surface area (Å²) in [5, 5.41) is 8.53. The van der Waals surface area contributed by atoms with Gasteiger partial charge in [-0.15, -0.1) is 0 Å². The standard InChI is InChI=1S/C22H22N2O4/c25-21(19-6-1-2-7-20(19)24-12-14-28-15-13-24)10-8-17-4-3-5-18(16-17)9-11-22(26)23-27/h1-11,16,27H,12-15H2,(H,23,26). The Kier molecular flexibility index (Phi) is 6.73. The van der Waals surface area contributed by atoms with Crippen LogP contribution in [0, 0.1) is 0 Å². The van der Waals surface area contributed by atoms with Gasteiger partial charge >= 0.3 is 0 Å². The summed E-state index contributed by atoms with van der Waals surface area (Å²) in [4.78, 5) is 26.0. The van der Waals surface area contributed by atoms with Crippen molar-refractivity contribution in [2.45, 2.75) is 0 Å². The Morgan fingerprint density at radius 2 is 1.64 bits per heavy atom. The molecule has 0 aromatic heterocycles. The number of para-hydroxylation sites is 1. The van der Waals surface area contributed by atoms with Crippen molar-refractivity contribution in [3.05, 3.63) is 77.4 Å². The Labute approximate surface area is 163 Å². The molecule has 1 aliphatic heterocycles. The lowest BCUT2D eigenvalue weighted by atomic mass is 10.0. The lowest BCUT2D eigenvalue weighted by Gasteiger charge is -2.30. The third-order valence-electron chi connectivity index (χ3n) is 4.40. The lowest BCUT2D eigenvalue weighted by molar-refractivity contribution is -0.124. The van der Waals surface area contributed by atoms with Crippen LogP contribution >= 0.6 is 0 Å². The monoisotopic (exact) mass is 378 g/mol. The molecule has 6 nitrogen and oxygen atoms in total. The smallest absolute Gasteiger partial charge is 0.267 e. The zero-order valence-electron chi connectivity index (χ0n) is 15.4. The van der Waals surface area contributed by atoms with Gasteiger partial charge in [0.2, 0.25) is 0 Å². The molecule has 28 heavy (non-hydrogen) atoms. The van der Waals surface area contributed by atoms with Crippen molar-refractivity contribution in [1.82, 2.24) is 5.48 Å². The van der Waals surface area contributed by atoms with E-state index < -0.39 is 5.91 Å². The molecule has 2 N–H and O–H groups in total. The van der Waals surface area contributed by atoms with Crippen molar-refractivity contribution in [1.29, 1.82) is 0 Å². The highest BCUT2D eigenvalue weighted by atomic mass is 16.5. The molecule has 0 saturated carbocycles. The molecule has 1 fully saturated rings. The molecule has 0 atom stereocenters. The van der Waals surface area contributed by atoms with Crippen LogP contribution in [0.4, 0.5) is 5.69 Å². The molecule has 144 valence electrons. The normalized spacial score (nSPS) is 14.5. The number of ether oxygens (including phenoxy) is 1. The molecule has 0 spiro atoms. The molecule has 0 radical (unpaired) electrons. The van der Waals surface area contributed by atoms with Crippen LogP contribution in [0.3, 0.4) is 0 Å². The first kappa shape index (κ1) is 19.5. The number of allylic oxidation sites excluding steroid dienone is 1. The van der Waals surface area contributed by atoms with Gasteiger partial charge in [0.05, 0.1) is 13.2 Å². The molecule has 0 aliphatic carbocycles. The fraction of sp³-hybridized carbons (Fsp3) is 0.182. The maximum Gasteiger partial charge on any atom is 0.267 e. The molecule has 1 aliphatic rings. The number of rotatable bonds is 6. The van der Waals surface area contributed by atoms with E-state index in [-0.39, 0.29) is 5.78 Å². The van der Waals surface area contributed by atoms with Crippen molar-refractivity contribution in [2.75, 3.05) is 31.2 Å². The Bertz CT molecular complexity index is 899. The van der Waals surface area contributed by atoms with Crippen LogP contribution in [0.1, 0.15) is 21.5 Å². The van der Waals surface area contributed by atoms with E-state index in [4.69, 9.17) is 9.94 Å². The summed E-state index contributed by atoms with van der Waals surface area (Å²) >= 11 is 0. The Morgan fingerprint density at radius 1 is 0.964 bits per heavy atom. The van der Waals surface area contributed by atoms with E-state index in [0.717, 1.165) is 29.9 Å². The van der Waals surface area contributed by atoms with E-state index in [2.05, 4.69) is 4.90 Å². The summed E-state index contributed by atoms with van der Waals surface area (Å²) in [5.41, 5.74) is 4.75. The Hall–Kier alpha value is -3.22. The summed E-state index contributed by atoms with van der Waals surface area (Å²) in [5.74, 6) is -0.668. The zero-order valence-corrected chi connectivity index (χ0v) is 15.4.